The molecule has 2 aromatic rings. The maximum atomic E-state index is 13.0. The summed E-state index contributed by atoms with van der Waals surface area (Å²) in [6.45, 7) is 5.24. The SMILES string of the molecule is CN1CCN(CCC2C(=O)NC(c3cc(N)ccc3Cl)c3ccccc32)CC1. The molecule has 1 saturated heterocycles. The average Bonchev–Trinajstić information content (AvgIpc) is 2.70. The van der Waals surface area contributed by atoms with Crippen LogP contribution in [0.4, 0.5) is 5.69 Å². The third kappa shape index (κ3) is 3.88. The number of benzene rings is 2. The number of halogens is 1. The smallest absolute Gasteiger partial charge is 0.228 e. The van der Waals surface area contributed by atoms with E-state index in [2.05, 4.69) is 34.3 Å². The van der Waals surface area contributed by atoms with Gasteiger partial charge >= 0.3 is 0 Å². The Morgan fingerprint density at radius 2 is 1.79 bits per heavy atom. The first-order valence-electron chi connectivity index (χ1n) is 9.88. The van der Waals surface area contributed by atoms with Crippen LogP contribution in [0.1, 0.15) is 35.1 Å². The number of nitrogens with zero attached hydrogens (tertiary/aromatic N) is 2. The summed E-state index contributed by atoms with van der Waals surface area (Å²) >= 11 is 6.44. The molecule has 0 radical (unpaired) electrons. The summed E-state index contributed by atoms with van der Waals surface area (Å²) in [5.74, 6) is -0.0664. The van der Waals surface area contributed by atoms with Crippen molar-refractivity contribution >= 4 is 23.2 Å². The number of hydrogen-bond donors (Lipinski definition) is 2. The number of amides is 1. The van der Waals surface area contributed by atoms with Crippen LogP contribution in [0.15, 0.2) is 42.5 Å². The molecular formula is C22H27ClN4O. The minimum Gasteiger partial charge on any atom is -0.399 e. The molecule has 28 heavy (non-hydrogen) atoms. The molecule has 2 heterocycles. The van der Waals surface area contributed by atoms with E-state index in [-0.39, 0.29) is 17.9 Å². The topological polar surface area (TPSA) is 61.6 Å². The molecule has 0 spiro atoms. The second-order valence-electron chi connectivity index (χ2n) is 7.84. The van der Waals surface area contributed by atoms with Crippen LogP contribution in [-0.4, -0.2) is 55.5 Å². The summed E-state index contributed by atoms with van der Waals surface area (Å²) in [5, 5.41) is 3.81. The Balaban J connectivity index is 1.58. The fraction of sp³-hybridized carbons (Fsp3) is 0.409. The molecule has 0 aromatic heterocycles. The zero-order chi connectivity index (χ0) is 19.7. The van der Waals surface area contributed by atoms with Crippen molar-refractivity contribution in [3.05, 3.63) is 64.2 Å². The Kier molecular flexibility index (Phi) is 5.58. The van der Waals surface area contributed by atoms with E-state index in [0.29, 0.717) is 10.7 Å². The molecule has 2 unspecified atom stereocenters. The molecule has 2 atom stereocenters. The van der Waals surface area contributed by atoms with Crippen LogP contribution >= 0.6 is 11.6 Å². The van der Waals surface area contributed by atoms with Crippen LogP contribution in [0.25, 0.3) is 0 Å². The van der Waals surface area contributed by atoms with Gasteiger partial charge in [-0.15, -0.1) is 0 Å². The first kappa shape index (κ1) is 19.2. The Labute approximate surface area is 171 Å². The number of carbonyl (C=O) groups is 1. The molecule has 2 aliphatic heterocycles. The summed E-state index contributed by atoms with van der Waals surface area (Å²) in [6.07, 6.45) is 0.823. The number of nitrogens with one attached hydrogen (secondary N) is 1. The number of fused-ring (bicyclic) bond motifs is 1. The van der Waals surface area contributed by atoms with Gasteiger partial charge in [0.05, 0.1) is 12.0 Å². The lowest BCUT2D eigenvalue weighted by Crippen LogP contribution is -2.46. The lowest BCUT2D eigenvalue weighted by molar-refractivity contribution is -0.124. The molecule has 5 nitrogen and oxygen atoms in total. The zero-order valence-electron chi connectivity index (χ0n) is 16.2. The van der Waals surface area contributed by atoms with Gasteiger partial charge in [0.15, 0.2) is 0 Å². The van der Waals surface area contributed by atoms with Crippen molar-refractivity contribution < 1.29 is 4.79 Å². The fourth-order valence-electron chi connectivity index (χ4n) is 4.25. The van der Waals surface area contributed by atoms with Crippen molar-refractivity contribution in [2.75, 3.05) is 45.5 Å². The summed E-state index contributed by atoms with van der Waals surface area (Å²) in [5.41, 5.74) is 9.68. The average molecular weight is 399 g/mol. The molecule has 0 saturated carbocycles. The number of nitrogens with two attached hydrogens (primary N) is 1. The van der Waals surface area contributed by atoms with Crippen LogP contribution in [0.5, 0.6) is 0 Å². The Hall–Kier alpha value is -2.08. The number of anilines is 1. The van der Waals surface area contributed by atoms with Gasteiger partial charge in [0.2, 0.25) is 5.91 Å². The number of nitrogen functional groups attached to an aromatic ring is 1. The van der Waals surface area contributed by atoms with E-state index in [1.54, 1.807) is 12.1 Å². The first-order valence-corrected chi connectivity index (χ1v) is 10.3. The largest absolute Gasteiger partial charge is 0.399 e. The highest BCUT2D eigenvalue weighted by molar-refractivity contribution is 6.31. The second-order valence-corrected chi connectivity index (χ2v) is 8.24. The van der Waals surface area contributed by atoms with Gasteiger partial charge in [-0.2, -0.15) is 0 Å². The summed E-state index contributed by atoms with van der Waals surface area (Å²) in [4.78, 5) is 17.9. The van der Waals surface area contributed by atoms with Crippen molar-refractivity contribution in [3.63, 3.8) is 0 Å². The Bertz CT molecular complexity index is 863. The molecule has 2 aromatic carbocycles. The van der Waals surface area contributed by atoms with Gasteiger partial charge in [-0.1, -0.05) is 35.9 Å². The van der Waals surface area contributed by atoms with E-state index in [1.165, 1.54) is 0 Å². The van der Waals surface area contributed by atoms with Crippen molar-refractivity contribution in [2.45, 2.75) is 18.4 Å². The Morgan fingerprint density at radius 1 is 1.07 bits per heavy atom. The predicted molar refractivity (Wildman–Crippen MR) is 114 cm³/mol. The van der Waals surface area contributed by atoms with Crippen LogP contribution in [0.3, 0.4) is 0 Å². The van der Waals surface area contributed by atoms with E-state index in [1.807, 2.05) is 18.2 Å². The lowest BCUT2D eigenvalue weighted by atomic mass is 9.82. The number of carbonyl (C=O) groups excluding carboxylic acids is 1. The zero-order valence-corrected chi connectivity index (χ0v) is 17.0. The van der Waals surface area contributed by atoms with Crippen molar-refractivity contribution in [1.82, 2.24) is 15.1 Å². The predicted octanol–water partition coefficient (Wildman–Crippen LogP) is 2.86. The Morgan fingerprint density at radius 3 is 2.54 bits per heavy atom. The molecule has 3 N–H and O–H groups in total. The van der Waals surface area contributed by atoms with Crippen molar-refractivity contribution in [2.24, 2.45) is 0 Å². The van der Waals surface area contributed by atoms with Gasteiger partial charge in [0, 0.05) is 36.9 Å². The van der Waals surface area contributed by atoms with Gasteiger partial charge in [-0.25, -0.2) is 0 Å². The van der Waals surface area contributed by atoms with Gasteiger partial charge in [0.1, 0.15) is 0 Å². The maximum absolute atomic E-state index is 13.0. The first-order chi connectivity index (χ1) is 13.5. The van der Waals surface area contributed by atoms with Crippen LogP contribution in [0.2, 0.25) is 5.02 Å². The number of piperazine rings is 1. The quantitative estimate of drug-likeness (QED) is 0.777. The fourth-order valence-corrected chi connectivity index (χ4v) is 4.48. The summed E-state index contributed by atoms with van der Waals surface area (Å²) in [7, 11) is 2.16. The second kappa shape index (κ2) is 8.11. The van der Waals surface area contributed by atoms with Gasteiger partial charge in [0.25, 0.3) is 0 Å². The van der Waals surface area contributed by atoms with Crippen LogP contribution in [0, 0.1) is 0 Å². The van der Waals surface area contributed by atoms with Gasteiger partial charge in [-0.05, 0) is 54.9 Å². The van der Waals surface area contributed by atoms with Crippen LogP contribution in [-0.2, 0) is 4.79 Å². The monoisotopic (exact) mass is 398 g/mol. The van der Waals surface area contributed by atoms with Gasteiger partial charge < -0.3 is 20.9 Å². The molecule has 6 heteroatoms. The molecule has 0 aliphatic carbocycles. The number of hydrogen-bond acceptors (Lipinski definition) is 4. The molecule has 4 rings (SSSR count). The number of likely N-dealkylation sites (N-methyl/N-ethyl adjacent to an activating group) is 1. The van der Waals surface area contributed by atoms with E-state index in [4.69, 9.17) is 17.3 Å². The highest BCUT2D eigenvalue weighted by atomic mass is 35.5. The third-order valence-electron chi connectivity index (χ3n) is 5.95. The van der Waals surface area contributed by atoms with E-state index < -0.39 is 0 Å². The van der Waals surface area contributed by atoms with Crippen molar-refractivity contribution in [3.8, 4) is 0 Å². The van der Waals surface area contributed by atoms with E-state index >= 15 is 0 Å². The highest BCUT2D eigenvalue weighted by Crippen LogP contribution is 2.39. The minimum atomic E-state index is -0.264. The van der Waals surface area contributed by atoms with Crippen molar-refractivity contribution in [1.29, 1.82) is 0 Å². The standard InChI is InChI=1S/C22H27ClN4O/c1-26-10-12-27(13-11-26)9-8-18-16-4-2-3-5-17(16)21(25-22(18)28)19-14-15(24)6-7-20(19)23/h2-7,14,18,21H,8-13,24H2,1H3,(H,25,28). The molecule has 148 valence electrons. The van der Waals surface area contributed by atoms with E-state index in [0.717, 1.165) is 55.8 Å². The summed E-state index contributed by atoms with van der Waals surface area (Å²) in [6, 6.07) is 13.4. The van der Waals surface area contributed by atoms with E-state index in [9.17, 15) is 4.79 Å². The molecule has 2 aliphatic rings. The number of rotatable bonds is 4. The molecule has 0 bridgehead atoms. The highest BCUT2D eigenvalue weighted by Gasteiger charge is 2.34. The minimum absolute atomic E-state index is 0.0660. The lowest BCUT2D eigenvalue weighted by Gasteiger charge is -2.36. The summed E-state index contributed by atoms with van der Waals surface area (Å²) < 4.78 is 0. The molecule has 1 amide bonds. The maximum Gasteiger partial charge on any atom is 0.228 e. The van der Waals surface area contributed by atoms with Crippen LogP contribution < -0.4 is 11.1 Å². The molecular weight excluding hydrogens is 372 g/mol. The molecule has 1 fully saturated rings. The third-order valence-corrected chi connectivity index (χ3v) is 6.29. The van der Waals surface area contributed by atoms with Gasteiger partial charge in [-0.3, -0.25) is 4.79 Å². The normalized spacial score (nSPS) is 23.3.